The Bertz CT molecular complexity index is 1080. The molecule has 27 heavy (non-hydrogen) atoms. The highest BCUT2D eigenvalue weighted by Crippen LogP contribution is 2.33. The van der Waals surface area contributed by atoms with Gasteiger partial charge in [0.1, 0.15) is 17.1 Å². The summed E-state index contributed by atoms with van der Waals surface area (Å²) in [7, 11) is -3.56. The Kier molecular flexibility index (Phi) is 4.47. The molecule has 5 nitrogen and oxygen atoms in total. The van der Waals surface area contributed by atoms with Gasteiger partial charge in [-0.3, -0.25) is 4.98 Å². The second-order valence-electron chi connectivity index (χ2n) is 6.69. The number of phenolic OH excluding ortho intramolecular Hbond substituents is 1. The Labute approximate surface area is 157 Å². The van der Waals surface area contributed by atoms with E-state index in [1.807, 2.05) is 0 Å². The van der Waals surface area contributed by atoms with Gasteiger partial charge in [0, 0.05) is 30.4 Å². The second-order valence-corrected chi connectivity index (χ2v) is 8.89. The van der Waals surface area contributed by atoms with E-state index in [-0.39, 0.29) is 16.5 Å². The predicted molar refractivity (Wildman–Crippen MR) is 102 cm³/mol. The van der Waals surface area contributed by atoms with Gasteiger partial charge in [-0.2, -0.15) is 0 Å². The van der Waals surface area contributed by atoms with E-state index >= 15 is 0 Å². The predicted octanol–water partition coefficient (Wildman–Crippen LogP) is 3.52. The van der Waals surface area contributed by atoms with Gasteiger partial charge in [-0.1, -0.05) is 0 Å². The molecule has 1 aromatic heterocycles. The van der Waals surface area contributed by atoms with Crippen LogP contribution in [0.1, 0.15) is 12.8 Å². The average molecular weight is 386 g/mol. The van der Waals surface area contributed by atoms with Gasteiger partial charge in [-0.15, -0.1) is 0 Å². The van der Waals surface area contributed by atoms with E-state index in [0.29, 0.717) is 36.8 Å². The number of sulfone groups is 1. The summed E-state index contributed by atoms with van der Waals surface area (Å²) >= 11 is 0. The van der Waals surface area contributed by atoms with E-state index in [1.165, 1.54) is 30.5 Å². The largest absolute Gasteiger partial charge is 0.506 e. The SMILES string of the molecule is O=S(=O)(c1ccc(O)c2ncccc12)C1CCN(c2ccc(F)cc2)CC1. The molecular formula is C20H19FN2O3S. The molecule has 0 bridgehead atoms. The number of nitrogens with zero attached hydrogens (tertiary/aromatic N) is 2. The number of phenols is 1. The van der Waals surface area contributed by atoms with Gasteiger partial charge in [0.25, 0.3) is 0 Å². The fourth-order valence-electron chi connectivity index (χ4n) is 3.64. The summed E-state index contributed by atoms with van der Waals surface area (Å²) in [5.41, 5.74) is 1.19. The van der Waals surface area contributed by atoms with Crippen LogP contribution in [0.2, 0.25) is 0 Å². The summed E-state index contributed by atoms with van der Waals surface area (Å²) < 4.78 is 39.5. The Morgan fingerprint density at radius 3 is 2.44 bits per heavy atom. The first-order valence-corrected chi connectivity index (χ1v) is 10.3. The van der Waals surface area contributed by atoms with Crippen molar-refractivity contribution in [2.45, 2.75) is 23.0 Å². The van der Waals surface area contributed by atoms with Crippen LogP contribution < -0.4 is 4.90 Å². The Balaban J connectivity index is 1.59. The summed E-state index contributed by atoms with van der Waals surface area (Å²) in [4.78, 5) is 6.39. The molecule has 1 fully saturated rings. The maximum atomic E-state index is 13.2. The van der Waals surface area contributed by atoms with E-state index in [9.17, 15) is 17.9 Å². The number of aromatic hydroxyl groups is 1. The molecule has 1 N–H and O–H groups in total. The quantitative estimate of drug-likeness (QED) is 0.746. The Morgan fingerprint density at radius 1 is 1.04 bits per heavy atom. The fourth-order valence-corrected chi connectivity index (χ4v) is 5.55. The van der Waals surface area contributed by atoms with Crippen molar-refractivity contribution in [3.8, 4) is 5.75 Å². The highest BCUT2D eigenvalue weighted by molar-refractivity contribution is 7.92. The van der Waals surface area contributed by atoms with Gasteiger partial charge >= 0.3 is 0 Å². The number of anilines is 1. The first-order chi connectivity index (χ1) is 13.0. The molecule has 0 spiro atoms. The Hall–Kier alpha value is -2.67. The number of halogens is 1. The summed E-state index contributed by atoms with van der Waals surface area (Å²) in [5.74, 6) is -0.320. The molecule has 1 saturated heterocycles. The normalized spacial score (nSPS) is 16.0. The molecule has 3 aromatic rings. The third-order valence-corrected chi connectivity index (χ3v) is 7.41. The van der Waals surface area contributed by atoms with Crippen molar-refractivity contribution in [2.75, 3.05) is 18.0 Å². The summed E-state index contributed by atoms with van der Waals surface area (Å²) in [6, 6.07) is 12.4. The monoisotopic (exact) mass is 386 g/mol. The zero-order chi connectivity index (χ0) is 19.0. The number of pyridine rings is 1. The van der Waals surface area contributed by atoms with E-state index in [2.05, 4.69) is 9.88 Å². The molecule has 0 amide bonds. The van der Waals surface area contributed by atoms with E-state index in [1.54, 1.807) is 24.3 Å². The molecule has 0 aliphatic carbocycles. The first kappa shape index (κ1) is 17.7. The van der Waals surface area contributed by atoms with Crippen molar-refractivity contribution in [3.63, 3.8) is 0 Å². The lowest BCUT2D eigenvalue weighted by Gasteiger charge is -2.33. The lowest BCUT2D eigenvalue weighted by atomic mass is 10.1. The van der Waals surface area contributed by atoms with E-state index < -0.39 is 15.1 Å². The zero-order valence-electron chi connectivity index (χ0n) is 14.5. The topological polar surface area (TPSA) is 70.5 Å². The van der Waals surface area contributed by atoms with Crippen LogP contribution in [0.3, 0.4) is 0 Å². The number of rotatable bonds is 3. The van der Waals surface area contributed by atoms with Gasteiger partial charge in [-0.25, -0.2) is 12.8 Å². The molecule has 4 rings (SSSR count). The van der Waals surface area contributed by atoms with Crippen LogP contribution in [-0.2, 0) is 9.84 Å². The van der Waals surface area contributed by atoms with Gasteiger partial charge in [0.15, 0.2) is 9.84 Å². The summed E-state index contributed by atoms with van der Waals surface area (Å²) in [5, 5.41) is 9.91. The molecule has 2 aromatic carbocycles. The number of benzene rings is 2. The van der Waals surface area contributed by atoms with Crippen LogP contribution in [0.15, 0.2) is 59.6 Å². The molecule has 1 aliphatic rings. The van der Waals surface area contributed by atoms with Crippen LogP contribution in [0.25, 0.3) is 10.9 Å². The number of hydrogen-bond acceptors (Lipinski definition) is 5. The van der Waals surface area contributed by atoms with Crippen molar-refractivity contribution in [2.24, 2.45) is 0 Å². The van der Waals surface area contributed by atoms with Crippen molar-refractivity contribution >= 4 is 26.4 Å². The minimum absolute atomic E-state index is 0.0318. The molecular weight excluding hydrogens is 367 g/mol. The second kappa shape index (κ2) is 6.81. The number of aromatic nitrogens is 1. The lowest BCUT2D eigenvalue weighted by molar-refractivity contribution is 0.480. The van der Waals surface area contributed by atoms with Crippen molar-refractivity contribution in [1.29, 1.82) is 0 Å². The van der Waals surface area contributed by atoms with Crippen LogP contribution in [-0.4, -0.2) is 36.8 Å². The van der Waals surface area contributed by atoms with Crippen molar-refractivity contribution in [1.82, 2.24) is 4.98 Å². The molecule has 0 atom stereocenters. The molecule has 7 heteroatoms. The third kappa shape index (κ3) is 3.23. The fraction of sp³-hybridized carbons (Fsp3) is 0.250. The van der Waals surface area contributed by atoms with Gasteiger partial charge in [0.05, 0.1) is 10.1 Å². The smallest absolute Gasteiger partial charge is 0.182 e. The summed E-state index contributed by atoms with van der Waals surface area (Å²) in [6.07, 6.45) is 2.50. The van der Waals surface area contributed by atoms with E-state index in [0.717, 1.165) is 5.69 Å². The van der Waals surface area contributed by atoms with Crippen molar-refractivity contribution < 1.29 is 17.9 Å². The van der Waals surface area contributed by atoms with Crippen LogP contribution >= 0.6 is 0 Å². The molecule has 2 heterocycles. The molecule has 1 aliphatic heterocycles. The van der Waals surface area contributed by atoms with Crippen LogP contribution in [0.5, 0.6) is 5.75 Å². The standard InChI is InChI=1S/C20H19FN2O3S/c21-14-3-5-15(6-4-14)23-12-9-16(10-13-23)27(25,26)19-8-7-18(24)20-17(19)2-1-11-22-20/h1-8,11,16,24H,9-10,12-13H2. The molecule has 0 radical (unpaired) electrons. The molecule has 0 saturated carbocycles. The number of piperidine rings is 1. The Morgan fingerprint density at radius 2 is 1.74 bits per heavy atom. The number of fused-ring (bicyclic) bond motifs is 1. The first-order valence-electron chi connectivity index (χ1n) is 8.78. The highest BCUT2D eigenvalue weighted by Gasteiger charge is 2.33. The minimum atomic E-state index is -3.56. The number of hydrogen-bond donors (Lipinski definition) is 1. The van der Waals surface area contributed by atoms with Gasteiger partial charge in [-0.05, 0) is 61.4 Å². The molecule has 0 unspecified atom stereocenters. The third-order valence-electron chi connectivity index (χ3n) is 5.09. The summed E-state index contributed by atoms with van der Waals surface area (Å²) in [6.45, 7) is 1.17. The van der Waals surface area contributed by atoms with Gasteiger partial charge in [0.2, 0.25) is 0 Å². The van der Waals surface area contributed by atoms with Crippen LogP contribution in [0.4, 0.5) is 10.1 Å². The lowest BCUT2D eigenvalue weighted by Crippen LogP contribution is -2.39. The average Bonchev–Trinajstić information content (AvgIpc) is 2.69. The van der Waals surface area contributed by atoms with Gasteiger partial charge < -0.3 is 10.0 Å². The molecule has 140 valence electrons. The zero-order valence-corrected chi connectivity index (χ0v) is 15.4. The minimum Gasteiger partial charge on any atom is -0.506 e. The van der Waals surface area contributed by atoms with Crippen LogP contribution in [0, 0.1) is 5.82 Å². The maximum absolute atomic E-state index is 13.2. The maximum Gasteiger partial charge on any atom is 0.182 e. The van der Waals surface area contributed by atoms with E-state index in [4.69, 9.17) is 0 Å². The van der Waals surface area contributed by atoms with Crippen molar-refractivity contribution in [3.05, 3.63) is 60.5 Å². The highest BCUT2D eigenvalue weighted by atomic mass is 32.2.